The van der Waals surface area contributed by atoms with Crippen LogP contribution in [0.1, 0.15) is 16.8 Å². The molecule has 1 saturated heterocycles. The molecule has 2 aromatic carbocycles. The zero-order valence-electron chi connectivity index (χ0n) is 15.6. The van der Waals surface area contributed by atoms with E-state index in [0.29, 0.717) is 38.3 Å². The molecule has 1 fully saturated rings. The van der Waals surface area contributed by atoms with Gasteiger partial charge in [-0.05, 0) is 30.7 Å². The van der Waals surface area contributed by atoms with E-state index in [-0.39, 0.29) is 29.7 Å². The van der Waals surface area contributed by atoms with E-state index in [4.69, 9.17) is 4.74 Å². The van der Waals surface area contributed by atoms with Crippen molar-refractivity contribution in [3.63, 3.8) is 0 Å². The first-order chi connectivity index (χ1) is 14.0. The summed E-state index contributed by atoms with van der Waals surface area (Å²) >= 11 is 0. The number of nitro benzene ring substituents is 1. The molecule has 0 unspecified atom stereocenters. The number of hydrogen-bond donors (Lipinski definition) is 0. The Morgan fingerprint density at radius 1 is 1.00 bits per heavy atom. The molecule has 8 nitrogen and oxygen atoms in total. The van der Waals surface area contributed by atoms with Gasteiger partial charge in [-0.15, -0.1) is 0 Å². The summed E-state index contributed by atoms with van der Waals surface area (Å²) in [6.45, 7) is 1.31. The second kappa shape index (κ2) is 9.13. The Hall–Kier alpha value is -3.49. The predicted molar refractivity (Wildman–Crippen MR) is 102 cm³/mol. The van der Waals surface area contributed by atoms with Crippen LogP contribution in [-0.4, -0.2) is 59.3 Å². The molecular formula is C20H20FN3O5. The van der Waals surface area contributed by atoms with Crippen molar-refractivity contribution in [3.8, 4) is 5.75 Å². The molecule has 0 aromatic heterocycles. The first-order valence-corrected chi connectivity index (χ1v) is 9.14. The zero-order valence-corrected chi connectivity index (χ0v) is 15.6. The summed E-state index contributed by atoms with van der Waals surface area (Å²) in [6, 6.07) is 11.3. The van der Waals surface area contributed by atoms with Crippen LogP contribution in [0.5, 0.6) is 5.75 Å². The van der Waals surface area contributed by atoms with Crippen molar-refractivity contribution < 1.29 is 23.6 Å². The number of amides is 2. The lowest BCUT2D eigenvalue weighted by Gasteiger charge is -2.22. The minimum absolute atomic E-state index is 0.0220. The summed E-state index contributed by atoms with van der Waals surface area (Å²) in [5.41, 5.74) is -0.0374. The second-order valence-corrected chi connectivity index (χ2v) is 6.55. The smallest absolute Gasteiger partial charge is 0.269 e. The fraction of sp³-hybridized carbons (Fsp3) is 0.300. The molecule has 29 heavy (non-hydrogen) atoms. The molecule has 0 N–H and O–H groups in total. The van der Waals surface area contributed by atoms with Crippen LogP contribution in [-0.2, 0) is 4.79 Å². The van der Waals surface area contributed by atoms with E-state index in [1.165, 1.54) is 42.5 Å². The Kier molecular flexibility index (Phi) is 6.38. The number of non-ortho nitro benzene ring substituents is 1. The van der Waals surface area contributed by atoms with E-state index in [1.54, 1.807) is 15.9 Å². The van der Waals surface area contributed by atoms with Crippen molar-refractivity contribution in [1.29, 1.82) is 0 Å². The lowest BCUT2D eigenvalue weighted by atomic mass is 10.2. The highest BCUT2D eigenvalue weighted by Gasteiger charge is 2.24. The highest BCUT2D eigenvalue weighted by Crippen LogP contribution is 2.18. The normalized spacial score (nSPS) is 14.2. The van der Waals surface area contributed by atoms with Gasteiger partial charge in [0.1, 0.15) is 11.6 Å². The molecule has 3 rings (SSSR count). The molecule has 0 atom stereocenters. The van der Waals surface area contributed by atoms with Gasteiger partial charge >= 0.3 is 0 Å². The van der Waals surface area contributed by atoms with Gasteiger partial charge in [0, 0.05) is 38.3 Å². The number of rotatable bonds is 5. The van der Waals surface area contributed by atoms with E-state index in [9.17, 15) is 24.1 Å². The Labute approximate surface area is 166 Å². The topological polar surface area (TPSA) is 93.0 Å². The van der Waals surface area contributed by atoms with Crippen molar-refractivity contribution >= 4 is 17.5 Å². The van der Waals surface area contributed by atoms with Crippen molar-refractivity contribution in [2.75, 3.05) is 32.8 Å². The van der Waals surface area contributed by atoms with Gasteiger partial charge in [-0.2, -0.15) is 0 Å². The lowest BCUT2D eigenvalue weighted by molar-refractivity contribution is -0.384. The fourth-order valence-electron chi connectivity index (χ4n) is 3.08. The summed E-state index contributed by atoms with van der Waals surface area (Å²) in [7, 11) is 0. The Bertz CT molecular complexity index is 903. The number of nitrogens with zero attached hydrogens (tertiary/aromatic N) is 3. The number of carbonyl (C=O) groups excluding carboxylic acids is 2. The molecule has 1 heterocycles. The van der Waals surface area contributed by atoms with Crippen LogP contribution < -0.4 is 4.74 Å². The number of benzene rings is 2. The van der Waals surface area contributed by atoms with Crippen molar-refractivity contribution in [1.82, 2.24) is 9.80 Å². The third-order valence-corrected chi connectivity index (χ3v) is 4.65. The van der Waals surface area contributed by atoms with Crippen LogP contribution in [0, 0.1) is 15.9 Å². The van der Waals surface area contributed by atoms with Gasteiger partial charge in [-0.3, -0.25) is 19.7 Å². The average Bonchev–Trinajstić information content (AvgIpc) is 2.98. The van der Waals surface area contributed by atoms with Crippen LogP contribution in [0.4, 0.5) is 10.1 Å². The van der Waals surface area contributed by atoms with Crippen molar-refractivity contribution in [2.24, 2.45) is 0 Å². The lowest BCUT2D eigenvalue weighted by Crippen LogP contribution is -2.39. The van der Waals surface area contributed by atoms with Gasteiger partial charge in [0.25, 0.3) is 17.5 Å². The average molecular weight is 401 g/mol. The molecule has 0 spiro atoms. The first-order valence-electron chi connectivity index (χ1n) is 9.14. The van der Waals surface area contributed by atoms with E-state index in [2.05, 4.69) is 0 Å². The van der Waals surface area contributed by atoms with Gasteiger partial charge in [0.05, 0.1) is 10.5 Å². The minimum Gasteiger partial charge on any atom is -0.484 e. The zero-order chi connectivity index (χ0) is 20.8. The number of carbonyl (C=O) groups is 2. The van der Waals surface area contributed by atoms with Gasteiger partial charge in [0.2, 0.25) is 0 Å². The van der Waals surface area contributed by atoms with E-state index in [0.717, 1.165) is 0 Å². The molecule has 0 aliphatic carbocycles. The van der Waals surface area contributed by atoms with Crippen LogP contribution in [0.2, 0.25) is 0 Å². The molecule has 0 bridgehead atoms. The van der Waals surface area contributed by atoms with E-state index < -0.39 is 10.7 Å². The third-order valence-electron chi connectivity index (χ3n) is 4.65. The van der Waals surface area contributed by atoms with Crippen LogP contribution in [0.25, 0.3) is 0 Å². The second-order valence-electron chi connectivity index (χ2n) is 6.55. The SMILES string of the molecule is O=C(COc1ccc([N+](=O)[O-])cc1)N1CCCN(C(=O)c2ccccc2F)CC1. The predicted octanol–water partition coefficient (Wildman–Crippen LogP) is 2.49. The summed E-state index contributed by atoms with van der Waals surface area (Å²) in [5.74, 6) is -0.843. The quantitative estimate of drug-likeness (QED) is 0.567. The number of nitro groups is 1. The molecule has 152 valence electrons. The maximum absolute atomic E-state index is 13.9. The molecule has 1 aliphatic rings. The minimum atomic E-state index is -0.564. The van der Waals surface area contributed by atoms with Gasteiger partial charge in [-0.1, -0.05) is 12.1 Å². The molecular weight excluding hydrogens is 381 g/mol. The first kappa shape index (κ1) is 20.2. The maximum atomic E-state index is 13.9. The van der Waals surface area contributed by atoms with Crippen molar-refractivity contribution in [2.45, 2.75) is 6.42 Å². The van der Waals surface area contributed by atoms with E-state index >= 15 is 0 Å². The summed E-state index contributed by atoms with van der Waals surface area (Å²) in [4.78, 5) is 38.3. The standard InChI is InChI=1S/C20H20FN3O5/c21-18-5-2-1-4-17(18)20(26)23-11-3-10-22(12-13-23)19(25)14-29-16-8-6-15(7-9-16)24(27)28/h1-2,4-9H,3,10-14H2. The molecule has 9 heteroatoms. The number of hydrogen-bond acceptors (Lipinski definition) is 5. The highest BCUT2D eigenvalue weighted by molar-refractivity contribution is 5.94. The monoisotopic (exact) mass is 401 g/mol. The van der Waals surface area contributed by atoms with Crippen LogP contribution in [0.15, 0.2) is 48.5 Å². The third kappa shape index (κ3) is 5.07. The highest BCUT2D eigenvalue weighted by atomic mass is 19.1. The fourth-order valence-corrected chi connectivity index (χ4v) is 3.08. The summed E-state index contributed by atoms with van der Waals surface area (Å²) in [6.07, 6.45) is 0.573. The maximum Gasteiger partial charge on any atom is 0.269 e. The van der Waals surface area contributed by atoms with Gasteiger partial charge < -0.3 is 14.5 Å². The molecule has 2 amide bonds. The summed E-state index contributed by atoms with van der Waals surface area (Å²) in [5, 5.41) is 10.7. The molecule has 1 aliphatic heterocycles. The molecule has 2 aromatic rings. The van der Waals surface area contributed by atoms with Crippen LogP contribution in [0.3, 0.4) is 0 Å². The Balaban J connectivity index is 1.53. The molecule has 0 radical (unpaired) electrons. The Morgan fingerprint density at radius 3 is 2.34 bits per heavy atom. The van der Waals surface area contributed by atoms with Gasteiger partial charge in [-0.25, -0.2) is 4.39 Å². The number of halogens is 1. The van der Waals surface area contributed by atoms with Crippen molar-refractivity contribution in [3.05, 3.63) is 70.0 Å². The largest absolute Gasteiger partial charge is 0.484 e. The number of ether oxygens (including phenoxy) is 1. The molecule has 0 saturated carbocycles. The summed E-state index contributed by atoms with van der Waals surface area (Å²) < 4.78 is 19.3. The van der Waals surface area contributed by atoms with Gasteiger partial charge in [0.15, 0.2) is 6.61 Å². The van der Waals surface area contributed by atoms with E-state index in [1.807, 2.05) is 0 Å². The Morgan fingerprint density at radius 2 is 1.66 bits per heavy atom. The van der Waals surface area contributed by atoms with Crippen LogP contribution >= 0.6 is 0 Å².